The maximum Gasteiger partial charge on any atom is 0.306 e. The van der Waals surface area contributed by atoms with Crippen molar-refractivity contribution in [3.05, 3.63) is 97.2 Å². The van der Waals surface area contributed by atoms with Crippen molar-refractivity contribution < 1.29 is 19.4 Å². The van der Waals surface area contributed by atoms with Crippen LogP contribution in [0.4, 0.5) is 0 Å². The summed E-state index contributed by atoms with van der Waals surface area (Å²) in [4.78, 5) is 12.2. The van der Waals surface area contributed by atoms with E-state index in [0.29, 0.717) is 13.0 Å². The van der Waals surface area contributed by atoms with Crippen LogP contribution in [0, 0.1) is 0 Å². The largest absolute Gasteiger partial charge is 0.457 e. The van der Waals surface area contributed by atoms with Crippen LogP contribution in [-0.4, -0.2) is 37.0 Å². The molecule has 0 aromatic heterocycles. The zero-order valence-electron chi connectivity index (χ0n) is 34.5. The molecule has 0 amide bonds. The van der Waals surface area contributed by atoms with Gasteiger partial charge in [0.25, 0.3) is 0 Å². The average molecular weight is 735 g/mol. The molecule has 0 spiro atoms. The summed E-state index contributed by atoms with van der Waals surface area (Å²) in [5.41, 5.74) is 0. The molecule has 0 rings (SSSR count). The Labute approximate surface area is 328 Å². The van der Waals surface area contributed by atoms with E-state index in [2.05, 4.69) is 111 Å². The molecule has 0 aliphatic carbocycles. The first kappa shape index (κ1) is 50.3. The van der Waals surface area contributed by atoms with E-state index in [0.717, 1.165) is 77.0 Å². The standard InChI is InChI=1S/C49H82O4/c1-3-5-7-9-11-13-15-17-19-21-23-25-26-28-30-32-34-36-38-40-42-44-49(51)53-48(46-50)47-52-45-43-41-39-37-35-33-31-29-27-24-22-20-18-16-14-12-10-8-6-4-2/h5-8,11-14,17-20,23-25,27,48,50H,3-4,9-10,15-16,21-22,26,28-47H2,1-2H3/b7-5-,8-6-,13-11-,14-12-,19-17-,20-18-,25-23-,27-24-. The number of aliphatic hydroxyl groups is 1. The van der Waals surface area contributed by atoms with Crippen LogP contribution in [0.3, 0.4) is 0 Å². The second-order valence-corrected chi connectivity index (χ2v) is 14.0. The van der Waals surface area contributed by atoms with Gasteiger partial charge >= 0.3 is 5.97 Å². The molecule has 302 valence electrons. The Morgan fingerprint density at radius 3 is 1.19 bits per heavy atom. The van der Waals surface area contributed by atoms with Crippen LogP contribution in [0.5, 0.6) is 0 Å². The maximum absolute atomic E-state index is 12.2. The molecular formula is C49H82O4. The number of aliphatic hydroxyl groups excluding tert-OH is 1. The van der Waals surface area contributed by atoms with Gasteiger partial charge in [-0.05, 0) is 89.9 Å². The SMILES string of the molecule is CC/C=C\C/C=C\C/C=C\C/C=C\CCCCCCCCCCC(=O)OC(CO)COCCCCCCCCC/C=C\C/C=C\C/C=C\C/C=C\CC. The van der Waals surface area contributed by atoms with E-state index in [-0.39, 0.29) is 19.2 Å². The van der Waals surface area contributed by atoms with Crippen molar-refractivity contribution in [2.75, 3.05) is 19.8 Å². The van der Waals surface area contributed by atoms with Crippen molar-refractivity contribution in [3.8, 4) is 0 Å². The summed E-state index contributed by atoms with van der Waals surface area (Å²) in [5.74, 6) is -0.217. The lowest BCUT2D eigenvalue weighted by Gasteiger charge is -2.16. The minimum absolute atomic E-state index is 0.186. The Kier molecular flexibility index (Phi) is 43.2. The van der Waals surface area contributed by atoms with Crippen LogP contribution in [0.1, 0.15) is 181 Å². The molecule has 0 saturated heterocycles. The molecule has 0 heterocycles. The second-order valence-electron chi connectivity index (χ2n) is 14.0. The molecule has 0 bridgehead atoms. The highest BCUT2D eigenvalue weighted by atomic mass is 16.6. The van der Waals surface area contributed by atoms with Gasteiger partial charge in [0.1, 0.15) is 6.10 Å². The van der Waals surface area contributed by atoms with Gasteiger partial charge in [-0.2, -0.15) is 0 Å². The van der Waals surface area contributed by atoms with E-state index >= 15 is 0 Å². The summed E-state index contributed by atoms with van der Waals surface area (Å²) in [6.07, 6.45) is 64.6. The van der Waals surface area contributed by atoms with Gasteiger partial charge in [-0.1, -0.05) is 182 Å². The van der Waals surface area contributed by atoms with Crippen molar-refractivity contribution in [2.24, 2.45) is 0 Å². The van der Waals surface area contributed by atoms with E-state index in [9.17, 15) is 9.90 Å². The number of allylic oxidation sites excluding steroid dienone is 16. The Balaban J connectivity index is 3.51. The lowest BCUT2D eigenvalue weighted by molar-refractivity contribution is -0.154. The van der Waals surface area contributed by atoms with Crippen molar-refractivity contribution in [1.82, 2.24) is 0 Å². The normalized spacial score (nSPS) is 13.3. The first-order valence-electron chi connectivity index (χ1n) is 21.8. The summed E-state index contributed by atoms with van der Waals surface area (Å²) in [5, 5.41) is 9.61. The predicted molar refractivity (Wildman–Crippen MR) is 232 cm³/mol. The second kappa shape index (κ2) is 45.5. The van der Waals surface area contributed by atoms with Gasteiger partial charge in [-0.15, -0.1) is 0 Å². The molecule has 0 radical (unpaired) electrons. The molecule has 4 nitrogen and oxygen atoms in total. The molecule has 0 aliphatic heterocycles. The van der Waals surface area contributed by atoms with E-state index in [4.69, 9.17) is 9.47 Å². The molecule has 0 aromatic carbocycles. The fourth-order valence-electron chi connectivity index (χ4n) is 5.72. The lowest BCUT2D eigenvalue weighted by atomic mass is 10.1. The molecule has 0 saturated carbocycles. The summed E-state index contributed by atoms with van der Waals surface area (Å²) >= 11 is 0. The molecule has 4 heteroatoms. The summed E-state index contributed by atoms with van der Waals surface area (Å²) in [6, 6.07) is 0. The number of ether oxygens (including phenoxy) is 2. The van der Waals surface area contributed by atoms with Gasteiger partial charge in [-0.25, -0.2) is 0 Å². The topological polar surface area (TPSA) is 55.8 Å². The van der Waals surface area contributed by atoms with Gasteiger partial charge in [0.2, 0.25) is 0 Å². The van der Waals surface area contributed by atoms with Crippen molar-refractivity contribution in [3.63, 3.8) is 0 Å². The number of hydrogen-bond acceptors (Lipinski definition) is 4. The van der Waals surface area contributed by atoms with Gasteiger partial charge in [0.15, 0.2) is 0 Å². The Morgan fingerprint density at radius 2 is 0.792 bits per heavy atom. The molecule has 1 unspecified atom stereocenters. The zero-order valence-corrected chi connectivity index (χ0v) is 34.5. The summed E-state index contributed by atoms with van der Waals surface area (Å²) < 4.78 is 11.2. The van der Waals surface area contributed by atoms with Gasteiger partial charge < -0.3 is 14.6 Å². The highest BCUT2D eigenvalue weighted by molar-refractivity contribution is 5.69. The Morgan fingerprint density at radius 1 is 0.453 bits per heavy atom. The number of rotatable bonds is 39. The third-order valence-corrected chi connectivity index (χ3v) is 8.90. The van der Waals surface area contributed by atoms with Gasteiger partial charge in [0.05, 0.1) is 13.2 Å². The Hall–Kier alpha value is -2.69. The number of esters is 1. The van der Waals surface area contributed by atoms with Crippen molar-refractivity contribution in [2.45, 2.75) is 187 Å². The fourth-order valence-corrected chi connectivity index (χ4v) is 5.72. The summed E-state index contributed by atoms with van der Waals surface area (Å²) in [7, 11) is 0. The molecular weight excluding hydrogens is 653 g/mol. The third-order valence-electron chi connectivity index (χ3n) is 8.90. The minimum atomic E-state index is -0.552. The number of unbranched alkanes of at least 4 members (excludes halogenated alkanes) is 15. The minimum Gasteiger partial charge on any atom is -0.457 e. The Bertz CT molecular complexity index is 996. The lowest BCUT2D eigenvalue weighted by Crippen LogP contribution is -2.27. The number of hydrogen-bond donors (Lipinski definition) is 1. The van der Waals surface area contributed by atoms with E-state index in [1.807, 2.05) is 0 Å². The van der Waals surface area contributed by atoms with Crippen LogP contribution in [0.2, 0.25) is 0 Å². The molecule has 1 N–H and O–H groups in total. The van der Waals surface area contributed by atoms with E-state index < -0.39 is 6.10 Å². The molecule has 53 heavy (non-hydrogen) atoms. The first-order chi connectivity index (χ1) is 26.2. The summed E-state index contributed by atoms with van der Waals surface area (Å²) in [6.45, 7) is 5.08. The third kappa shape index (κ3) is 43.6. The average Bonchev–Trinajstić information content (AvgIpc) is 3.16. The zero-order chi connectivity index (χ0) is 38.4. The number of carbonyl (C=O) groups is 1. The maximum atomic E-state index is 12.2. The van der Waals surface area contributed by atoms with Crippen molar-refractivity contribution in [1.29, 1.82) is 0 Å². The predicted octanol–water partition coefficient (Wildman–Crippen LogP) is 14.5. The molecule has 1 atom stereocenters. The highest BCUT2D eigenvalue weighted by Crippen LogP contribution is 2.13. The molecule has 0 aliphatic rings. The fraction of sp³-hybridized carbons (Fsp3) is 0.653. The smallest absolute Gasteiger partial charge is 0.306 e. The van der Waals surface area contributed by atoms with Crippen LogP contribution in [0.25, 0.3) is 0 Å². The van der Waals surface area contributed by atoms with Crippen LogP contribution in [-0.2, 0) is 14.3 Å². The van der Waals surface area contributed by atoms with Crippen LogP contribution >= 0.6 is 0 Å². The highest BCUT2D eigenvalue weighted by Gasteiger charge is 2.13. The van der Waals surface area contributed by atoms with Crippen LogP contribution in [0.15, 0.2) is 97.2 Å². The first-order valence-corrected chi connectivity index (χ1v) is 21.8. The molecule has 0 fully saturated rings. The van der Waals surface area contributed by atoms with Crippen molar-refractivity contribution >= 4 is 5.97 Å². The van der Waals surface area contributed by atoms with E-state index in [1.165, 1.54) is 83.5 Å². The number of carbonyl (C=O) groups excluding carboxylic acids is 1. The monoisotopic (exact) mass is 735 g/mol. The van der Waals surface area contributed by atoms with E-state index in [1.54, 1.807) is 0 Å². The van der Waals surface area contributed by atoms with Gasteiger partial charge in [-0.3, -0.25) is 4.79 Å². The van der Waals surface area contributed by atoms with Gasteiger partial charge in [0, 0.05) is 13.0 Å². The quantitative estimate of drug-likeness (QED) is 0.0388. The van der Waals surface area contributed by atoms with Crippen LogP contribution < -0.4 is 0 Å². The molecule has 0 aromatic rings.